The molecule has 2 aromatic carbocycles. The molecule has 322 valence electrons. The van der Waals surface area contributed by atoms with Gasteiger partial charge in [0.2, 0.25) is 11.2 Å². The van der Waals surface area contributed by atoms with Crippen LogP contribution in [0.1, 0.15) is 46.6 Å². The van der Waals surface area contributed by atoms with Gasteiger partial charge < -0.3 is 50.2 Å². The van der Waals surface area contributed by atoms with E-state index in [9.17, 15) is 44.1 Å². The molecule has 3 heterocycles. The van der Waals surface area contributed by atoms with Crippen molar-refractivity contribution in [2.75, 3.05) is 70.8 Å². The van der Waals surface area contributed by atoms with Crippen molar-refractivity contribution in [3.63, 3.8) is 0 Å². The molecular weight excluding hydrogens is 816 g/mol. The second kappa shape index (κ2) is 15.3. The van der Waals surface area contributed by atoms with E-state index in [1.807, 2.05) is 11.8 Å². The van der Waals surface area contributed by atoms with Crippen LogP contribution in [0.4, 0.5) is 15.8 Å². The number of nitrogens with two attached hydrogens (primary N) is 1. The zero-order valence-electron chi connectivity index (χ0n) is 34.0. The third kappa shape index (κ3) is 6.47. The number of nitrogens with zero attached hydrogens (tertiary/aromatic N) is 4. The number of carbonyl (C=O) groups is 5. The first-order chi connectivity index (χ1) is 28.9. The Kier molecular flexibility index (Phi) is 10.5. The molecular formula is C42H45FN6O11S. The first kappa shape index (κ1) is 42.0. The van der Waals surface area contributed by atoms with Crippen LogP contribution in [0, 0.1) is 17.7 Å². The molecule has 1 aromatic heterocycles. The van der Waals surface area contributed by atoms with Crippen LogP contribution in [0.2, 0.25) is 0 Å². The molecule has 2 fully saturated rings. The number of nitrogens with one attached hydrogen (secondary N) is 1. The highest BCUT2D eigenvalue weighted by Gasteiger charge is 2.64. The van der Waals surface area contributed by atoms with E-state index in [0.29, 0.717) is 53.7 Å². The van der Waals surface area contributed by atoms with Crippen molar-refractivity contribution in [2.24, 2.45) is 17.6 Å². The highest BCUT2D eigenvalue weighted by molar-refractivity contribution is 8.00. The third-order valence-corrected chi connectivity index (χ3v) is 13.5. The molecule has 1 saturated carbocycles. The summed E-state index contributed by atoms with van der Waals surface area (Å²) in [4.78, 5) is 85.8. The summed E-state index contributed by atoms with van der Waals surface area (Å²) in [6.07, 6.45) is -0.468. The van der Waals surface area contributed by atoms with Gasteiger partial charge in [0.25, 0.3) is 5.91 Å². The van der Waals surface area contributed by atoms with E-state index in [0.717, 1.165) is 6.07 Å². The Balaban J connectivity index is 1.05. The number of ether oxygens (including phenoxy) is 2. The number of aromatic nitrogens is 1. The standard InChI is InChI=1S/C42H45FN6O11S/c1-18-49-25-17-26(48-11-9-45-10-12-48)23(43)16-21(25)34(51)32(40(49)61-18)41(57)59-13-8-28(50)60-27-7-6-24(46(2)3)20-14-19-15-22-33(47(4)5)36(53)31(39(44)56)38(55)42(22,58)37(54)29(19)35(52)30(20)27/h6-7,16-19,22,33,45,52,55,58H,8-15H2,1-5H3,(H2,44,56)/t18?,19-,22-,33-,42-/m1/s1. The fourth-order valence-electron chi connectivity index (χ4n) is 9.55. The number of fused-ring (bicyclic) bond motifs is 6. The molecule has 1 amide bonds. The van der Waals surface area contributed by atoms with Crippen molar-refractivity contribution < 1.29 is 53.2 Å². The van der Waals surface area contributed by atoms with Gasteiger partial charge in [-0.1, -0.05) is 11.8 Å². The summed E-state index contributed by atoms with van der Waals surface area (Å²) in [5.74, 6) is -9.78. The Morgan fingerprint density at radius 2 is 1.79 bits per heavy atom. The van der Waals surface area contributed by atoms with Crippen molar-refractivity contribution in [3.05, 3.63) is 73.9 Å². The monoisotopic (exact) mass is 860 g/mol. The number of halogens is 1. The Hall–Kier alpha value is -5.76. The number of thioether (sulfide) groups is 1. The van der Waals surface area contributed by atoms with Crippen LogP contribution in [0.5, 0.6) is 5.75 Å². The maximum Gasteiger partial charge on any atom is 0.344 e. The summed E-state index contributed by atoms with van der Waals surface area (Å²) in [6.45, 7) is 3.94. The average molecular weight is 861 g/mol. The van der Waals surface area contributed by atoms with Crippen molar-refractivity contribution in [1.82, 2.24) is 14.8 Å². The summed E-state index contributed by atoms with van der Waals surface area (Å²) < 4.78 is 28.4. The molecule has 5 atom stereocenters. The van der Waals surface area contributed by atoms with Crippen molar-refractivity contribution in [3.8, 4) is 5.75 Å². The molecule has 6 N–H and O–H groups in total. The van der Waals surface area contributed by atoms with Crippen LogP contribution < -0.4 is 31.0 Å². The zero-order valence-corrected chi connectivity index (χ0v) is 34.9. The molecule has 61 heavy (non-hydrogen) atoms. The topological polar surface area (TPSA) is 234 Å². The molecule has 5 aliphatic rings. The number of esters is 2. The molecule has 19 heteroatoms. The second-order valence-corrected chi connectivity index (χ2v) is 17.6. The molecule has 17 nitrogen and oxygen atoms in total. The lowest BCUT2D eigenvalue weighted by Gasteiger charge is -2.50. The number of likely N-dealkylation sites (N-methyl/N-ethyl adjacent to an activating group) is 1. The van der Waals surface area contributed by atoms with Gasteiger partial charge in [-0.15, -0.1) is 0 Å². The van der Waals surface area contributed by atoms with Crippen LogP contribution >= 0.6 is 11.8 Å². The minimum atomic E-state index is -2.79. The van der Waals surface area contributed by atoms with Gasteiger partial charge in [-0.25, -0.2) is 9.18 Å². The van der Waals surface area contributed by atoms with Crippen LogP contribution in [0.3, 0.4) is 0 Å². The second-order valence-electron chi connectivity index (χ2n) is 16.3. The van der Waals surface area contributed by atoms with Gasteiger partial charge in [-0.2, -0.15) is 0 Å². The fraction of sp³-hybridized carbons (Fsp3) is 0.429. The molecule has 0 radical (unpaired) electrons. The number of aliphatic hydroxyl groups is 3. The average Bonchev–Trinajstić information content (AvgIpc) is 3.19. The normalized spacial score (nSPS) is 24.5. The smallest absolute Gasteiger partial charge is 0.344 e. The number of pyridine rings is 1. The summed E-state index contributed by atoms with van der Waals surface area (Å²) in [7, 11) is 6.56. The van der Waals surface area contributed by atoms with E-state index >= 15 is 4.39 Å². The predicted octanol–water partition coefficient (Wildman–Crippen LogP) is 1.96. The number of ketones is 2. The van der Waals surface area contributed by atoms with Crippen molar-refractivity contribution in [2.45, 2.75) is 48.2 Å². The Morgan fingerprint density at radius 3 is 2.43 bits per heavy atom. The maximum atomic E-state index is 15.4. The van der Waals surface area contributed by atoms with E-state index in [4.69, 9.17) is 15.2 Å². The minimum absolute atomic E-state index is 0.0221. The van der Waals surface area contributed by atoms with Crippen LogP contribution in [0.15, 0.2) is 51.0 Å². The lowest BCUT2D eigenvalue weighted by molar-refractivity contribution is -0.153. The first-order valence-corrected chi connectivity index (χ1v) is 20.7. The molecule has 3 aliphatic carbocycles. The number of hydrogen-bond donors (Lipinski definition) is 5. The summed E-state index contributed by atoms with van der Waals surface area (Å²) in [6, 6.07) is 4.63. The number of aliphatic hydroxyl groups excluding tert-OH is 2. The number of hydrogen-bond acceptors (Lipinski definition) is 16. The fourth-order valence-corrected chi connectivity index (χ4v) is 10.7. The van der Waals surface area contributed by atoms with Gasteiger partial charge in [0.05, 0.1) is 39.6 Å². The molecule has 1 unspecified atom stereocenters. The van der Waals surface area contributed by atoms with Gasteiger partial charge in [-0.05, 0) is 69.6 Å². The zero-order chi connectivity index (χ0) is 44.0. The van der Waals surface area contributed by atoms with Crippen molar-refractivity contribution in [1.29, 1.82) is 0 Å². The van der Waals surface area contributed by atoms with E-state index in [1.54, 1.807) is 35.7 Å². The third-order valence-electron chi connectivity index (χ3n) is 12.3. The van der Waals surface area contributed by atoms with E-state index in [-0.39, 0.29) is 46.1 Å². The Labute approximate surface area is 352 Å². The Bertz CT molecular complexity index is 2600. The van der Waals surface area contributed by atoms with E-state index < -0.39 is 94.3 Å². The number of piperazine rings is 1. The van der Waals surface area contributed by atoms with Crippen LogP contribution in [0.25, 0.3) is 16.7 Å². The summed E-state index contributed by atoms with van der Waals surface area (Å²) >= 11 is 1.29. The number of amides is 1. The first-order valence-electron chi connectivity index (χ1n) is 19.8. The summed E-state index contributed by atoms with van der Waals surface area (Å²) in [5, 5.41) is 38.5. The maximum absolute atomic E-state index is 15.4. The molecule has 3 aromatic rings. The van der Waals surface area contributed by atoms with Gasteiger partial charge in [-0.3, -0.25) is 28.9 Å². The van der Waals surface area contributed by atoms with Crippen LogP contribution in [-0.4, -0.2) is 127 Å². The summed E-state index contributed by atoms with van der Waals surface area (Å²) in [5.41, 5.74) is 2.40. The number of anilines is 2. The van der Waals surface area contributed by atoms with Gasteiger partial charge in [0.1, 0.15) is 40.8 Å². The van der Waals surface area contributed by atoms with Crippen LogP contribution in [-0.2, 0) is 30.3 Å². The lowest BCUT2D eigenvalue weighted by atomic mass is 9.57. The lowest BCUT2D eigenvalue weighted by Crippen LogP contribution is -2.65. The Morgan fingerprint density at radius 1 is 1.08 bits per heavy atom. The molecule has 2 aliphatic heterocycles. The van der Waals surface area contributed by atoms with Gasteiger partial charge >= 0.3 is 11.9 Å². The molecule has 0 bridgehead atoms. The highest BCUT2D eigenvalue weighted by Crippen LogP contribution is 2.54. The number of carbonyl (C=O) groups excluding carboxylic acids is 5. The molecule has 8 rings (SSSR count). The van der Waals surface area contributed by atoms with E-state index in [2.05, 4.69) is 5.32 Å². The number of primary amides is 1. The van der Waals surface area contributed by atoms with Crippen molar-refractivity contribution >= 4 is 69.2 Å². The predicted molar refractivity (Wildman–Crippen MR) is 221 cm³/mol. The number of Topliss-reactive ketones (excluding diaryl/α,β-unsaturated/α-hetero) is 2. The minimum Gasteiger partial charge on any atom is -0.508 e. The quantitative estimate of drug-likeness (QED) is 0.118. The molecule has 0 spiro atoms. The number of rotatable bonds is 9. The highest BCUT2D eigenvalue weighted by atomic mass is 32.2. The van der Waals surface area contributed by atoms with Gasteiger partial charge in [0.15, 0.2) is 11.4 Å². The number of benzene rings is 2. The SMILES string of the molecule is CC1Sc2c(C(=O)OCCC(=O)Oc3ccc(N(C)C)c4c3C(O)=C3C(=O)[C@@]5(O)C(O)=C(C(N)=O)C(=O)[C@H](N(C)C)[C@H]5C[C@H]3C4)c(=O)c3cc(F)c(N4CCNCC4)cc3n21. The van der Waals surface area contributed by atoms with E-state index in [1.165, 1.54) is 36.8 Å². The largest absolute Gasteiger partial charge is 0.508 e. The van der Waals surface area contributed by atoms with Gasteiger partial charge in [0, 0.05) is 62.8 Å². The molecule has 1 saturated heterocycles.